The van der Waals surface area contributed by atoms with Crippen molar-refractivity contribution in [2.24, 2.45) is 0 Å². The first-order chi connectivity index (χ1) is 9.84. The molecule has 2 unspecified atom stereocenters. The zero-order valence-electron chi connectivity index (χ0n) is 11.7. The van der Waals surface area contributed by atoms with Gasteiger partial charge in [-0.15, -0.1) is 0 Å². The molecule has 0 bridgehead atoms. The molecule has 1 fully saturated rings. The zero-order valence-corrected chi connectivity index (χ0v) is 11.7. The van der Waals surface area contributed by atoms with Crippen LogP contribution in [0.2, 0.25) is 0 Å². The van der Waals surface area contributed by atoms with Crippen molar-refractivity contribution in [1.82, 2.24) is 10.6 Å². The first-order valence-electron chi connectivity index (χ1n) is 7.55. The van der Waals surface area contributed by atoms with Gasteiger partial charge in [0.2, 0.25) is 0 Å². The van der Waals surface area contributed by atoms with Gasteiger partial charge in [-0.2, -0.15) is 0 Å². The van der Waals surface area contributed by atoms with Crippen molar-refractivity contribution < 1.29 is 9.53 Å². The molecule has 0 spiro atoms. The Morgan fingerprint density at radius 3 is 3.15 bits per heavy atom. The molecule has 1 aromatic rings. The molecule has 20 heavy (non-hydrogen) atoms. The van der Waals surface area contributed by atoms with E-state index >= 15 is 0 Å². The van der Waals surface area contributed by atoms with Gasteiger partial charge in [-0.3, -0.25) is 4.79 Å². The fourth-order valence-corrected chi connectivity index (χ4v) is 3.03. The highest BCUT2D eigenvalue weighted by Gasteiger charge is 2.28. The summed E-state index contributed by atoms with van der Waals surface area (Å²) in [4.78, 5) is 12.5. The second kappa shape index (κ2) is 6.37. The van der Waals surface area contributed by atoms with Crippen LogP contribution in [0.5, 0.6) is 0 Å². The monoisotopic (exact) mass is 274 g/mol. The lowest BCUT2D eigenvalue weighted by molar-refractivity contribution is -0.134. The summed E-state index contributed by atoms with van der Waals surface area (Å²) in [6, 6.07) is 8.31. The highest BCUT2D eigenvalue weighted by molar-refractivity contribution is 5.83. The van der Waals surface area contributed by atoms with Crippen molar-refractivity contribution in [3.8, 4) is 0 Å². The number of ether oxygens (including phenoxy) is 1. The molecule has 1 aromatic carbocycles. The van der Waals surface area contributed by atoms with Gasteiger partial charge in [-0.25, -0.2) is 0 Å². The summed E-state index contributed by atoms with van der Waals surface area (Å²) in [5.74, 6) is 0.00542. The maximum atomic E-state index is 12.5. The molecule has 2 N–H and O–H groups in total. The van der Waals surface area contributed by atoms with E-state index in [0.717, 1.165) is 31.5 Å². The van der Waals surface area contributed by atoms with Crippen molar-refractivity contribution in [3.63, 3.8) is 0 Å². The van der Waals surface area contributed by atoms with E-state index in [1.54, 1.807) is 0 Å². The van der Waals surface area contributed by atoms with E-state index in [1.165, 1.54) is 18.4 Å². The Morgan fingerprint density at radius 1 is 1.30 bits per heavy atom. The Balaban J connectivity index is 1.68. The highest BCUT2D eigenvalue weighted by atomic mass is 16.5. The van der Waals surface area contributed by atoms with Crippen LogP contribution in [-0.2, 0) is 16.0 Å². The van der Waals surface area contributed by atoms with Crippen LogP contribution in [0.3, 0.4) is 0 Å². The van der Waals surface area contributed by atoms with E-state index in [0.29, 0.717) is 6.61 Å². The summed E-state index contributed by atoms with van der Waals surface area (Å²) in [5.41, 5.74) is 2.26. The number of carbonyl (C=O) groups excluding carboxylic acids is 1. The van der Waals surface area contributed by atoms with Gasteiger partial charge in [0.15, 0.2) is 6.10 Å². The third kappa shape index (κ3) is 3.02. The first-order valence-corrected chi connectivity index (χ1v) is 7.55. The van der Waals surface area contributed by atoms with Crippen molar-refractivity contribution in [2.45, 2.75) is 37.8 Å². The topological polar surface area (TPSA) is 50.4 Å². The number of carbonyl (C=O) groups is 1. The molecule has 2 atom stereocenters. The summed E-state index contributed by atoms with van der Waals surface area (Å²) in [6.45, 7) is 2.53. The molecule has 108 valence electrons. The minimum absolute atomic E-state index is 0.00542. The summed E-state index contributed by atoms with van der Waals surface area (Å²) in [7, 11) is 0. The molecular weight excluding hydrogens is 252 g/mol. The SMILES string of the molecule is O=C(NC1CCCCNC1)C1OCCc2ccccc21. The van der Waals surface area contributed by atoms with E-state index in [-0.39, 0.29) is 11.9 Å². The lowest BCUT2D eigenvalue weighted by Gasteiger charge is -2.27. The molecule has 4 nitrogen and oxygen atoms in total. The highest BCUT2D eigenvalue weighted by Crippen LogP contribution is 2.27. The minimum Gasteiger partial charge on any atom is -0.363 e. The van der Waals surface area contributed by atoms with Gasteiger partial charge in [-0.1, -0.05) is 30.7 Å². The van der Waals surface area contributed by atoms with Crippen molar-refractivity contribution in [2.75, 3.05) is 19.7 Å². The number of hydrogen-bond acceptors (Lipinski definition) is 3. The van der Waals surface area contributed by atoms with E-state index < -0.39 is 6.10 Å². The summed E-state index contributed by atoms with van der Waals surface area (Å²) >= 11 is 0. The Kier molecular flexibility index (Phi) is 4.33. The van der Waals surface area contributed by atoms with Crippen molar-refractivity contribution in [1.29, 1.82) is 0 Å². The van der Waals surface area contributed by atoms with Gasteiger partial charge < -0.3 is 15.4 Å². The molecule has 2 aliphatic rings. The zero-order chi connectivity index (χ0) is 13.8. The molecule has 2 heterocycles. The van der Waals surface area contributed by atoms with Crippen LogP contribution >= 0.6 is 0 Å². The molecule has 0 radical (unpaired) electrons. The maximum absolute atomic E-state index is 12.5. The summed E-state index contributed by atoms with van der Waals surface area (Å²) < 4.78 is 5.71. The van der Waals surface area contributed by atoms with E-state index in [1.807, 2.05) is 18.2 Å². The van der Waals surface area contributed by atoms with Crippen molar-refractivity contribution >= 4 is 5.91 Å². The predicted octanol–water partition coefficient (Wildman–Crippen LogP) is 1.56. The number of amides is 1. The van der Waals surface area contributed by atoms with Crippen LogP contribution in [0, 0.1) is 0 Å². The fourth-order valence-electron chi connectivity index (χ4n) is 3.03. The summed E-state index contributed by atoms with van der Waals surface area (Å²) in [6.07, 6.45) is 3.86. The molecule has 3 rings (SSSR count). The standard InChI is InChI=1S/C16H22N2O2/c19-16(18-13-6-3-4-9-17-11-13)15-14-7-2-1-5-12(14)8-10-20-15/h1-2,5,7,13,15,17H,3-4,6,8-11H2,(H,18,19). The van der Waals surface area contributed by atoms with Gasteiger partial charge in [0.1, 0.15) is 0 Å². The van der Waals surface area contributed by atoms with Gasteiger partial charge in [0, 0.05) is 12.6 Å². The largest absolute Gasteiger partial charge is 0.363 e. The van der Waals surface area contributed by atoms with E-state index in [9.17, 15) is 4.79 Å². The first kappa shape index (κ1) is 13.6. The Labute approximate surface area is 119 Å². The van der Waals surface area contributed by atoms with Gasteiger partial charge >= 0.3 is 0 Å². The molecule has 0 aliphatic carbocycles. The predicted molar refractivity (Wildman–Crippen MR) is 77.5 cm³/mol. The second-order valence-electron chi connectivity index (χ2n) is 5.61. The lowest BCUT2D eigenvalue weighted by atomic mass is 9.97. The lowest BCUT2D eigenvalue weighted by Crippen LogP contribution is -2.44. The number of hydrogen-bond donors (Lipinski definition) is 2. The normalized spacial score (nSPS) is 26.4. The van der Waals surface area contributed by atoms with Gasteiger partial charge in [-0.05, 0) is 36.9 Å². The average molecular weight is 274 g/mol. The molecule has 2 aliphatic heterocycles. The van der Waals surface area contributed by atoms with Gasteiger partial charge in [0.05, 0.1) is 6.61 Å². The second-order valence-corrected chi connectivity index (χ2v) is 5.61. The van der Waals surface area contributed by atoms with Crippen LogP contribution in [0.1, 0.15) is 36.5 Å². The smallest absolute Gasteiger partial charge is 0.254 e. The number of rotatable bonds is 2. The van der Waals surface area contributed by atoms with Gasteiger partial charge in [0.25, 0.3) is 5.91 Å². The Bertz CT molecular complexity index is 467. The van der Waals surface area contributed by atoms with E-state index in [2.05, 4.69) is 16.7 Å². The molecular formula is C16H22N2O2. The maximum Gasteiger partial charge on any atom is 0.254 e. The molecule has 1 amide bonds. The fraction of sp³-hybridized carbons (Fsp3) is 0.562. The van der Waals surface area contributed by atoms with Crippen LogP contribution in [0.25, 0.3) is 0 Å². The summed E-state index contributed by atoms with van der Waals surface area (Å²) in [5, 5.41) is 6.51. The Hall–Kier alpha value is -1.39. The molecule has 4 heteroatoms. The van der Waals surface area contributed by atoms with Crippen molar-refractivity contribution in [3.05, 3.63) is 35.4 Å². The van der Waals surface area contributed by atoms with Crippen LogP contribution < -0.4 is 10.6 Å². The number of benzene rings is 1. The minimum atomic E-state index is -0.441. The molecule has 0 aromatic heterocycles. The third-order valence-corrected chi connectivity index (χ3v) is 4.12. The molecule has 0 saturated carbocycles. The number of fused-ring (bicyclic) bond motifs is 1. The average Bonchev–Trinajstić information content (AvgIpc) is 2.75. The van der Waals surface area contributed by atoms with Crippen LogP contribution in [-0.4, -0.2) is 31.6 Å². The van der Waals surface area contributed by atoms with Crippen LogP contribution in [0.4, 0.5) is 0 Å². The molecule has 1 saturated heterocycles. The van der Waals surface area contributed by atoms with Crippen LogP contribution in [0.15, 0.2) is 24.3 Å². The third-order valence-electron chi connectivity index (χ3n) is 4.12. The van der Waals surface area contributed by atoms with E-state index in [4.69, 9.17) is 4.74 Å². The number of nitrogens with one attached hydrogen (secondary N) is 2. The Morgan fingerprint density at radius 2 is 2.20 bits per heavy atom. The quantitative estimate of drug-likeness (QED) is 0.860.